The first-order chi connectivity index (χ1) is 8.04. The van der Waals surface area contributed by atoms with Crippen LogP contribution >= 0.6 is 0 Å². The molecular formula is C11H19N5O. The van der Waals surface area contributed by atoms with Crippen molar-refractivity contribution in [3.05, 3.63) is 11.4 Å². The molecule has 2 rings (SSSR count). The van der Waals surface area contributed by atoms with Crippen molar-refractivity contribution in [1.29, 1.82) is 0 Å². The third-order valence-electron chi connectivity index (χ3n) is 3.26. The van der Waals surface area contributed by atoms with E-state index in [1.54, 1.807) is 0 Å². The molecule has 0 amide bonds. The molecule has 0 unspecified atom stereocenters. The van der Waals surface area contributed by atoms with E-state index in [4.69, 9.17) is 5.84 Å². The molecule has 94 valence electrons. The van der Waals surface area contributed by atoms with Crippen LogP contribution in [0.1, 0.15) is 30.7 Å². The van der Waals surface area contributed by atoms with Crippen LogP contribution in [0.3, 0.4) is 0 Å². The highest BCUT2D eigenvalue weighted by atomic mass is 16.3. The summed E-state index contributed by atoms with van der Waals surface area (Å²) in [5.41, 5.74) is 2.84. The molecule has 0 atom stereocenters. The van der Waals surface area contributed by atoms with E-state index < -0.39 is 5.60 Å². The van der Waals surface area contributed by atoms with Crippen molar-refractivity contribution >= 4 is 11.6 Å². The molecule has 0 saturated heterocycles. The van der Waals surface area contributed by atoms with E-state index >= 15 is 0 Å². The normalized spacial score (nSPS) is 17.4. The van der Waals surface area contributed by atoms with Crippen LogP contribution in [0.15, 0.2) is 0 Å². The van der Waals surface area contributed by atoms with Gasteiger partial charge in [-0.15, -0.1) is 0 Å². The zero-order chi connectivity index (χ0) is 12.5. The fourth-order valence-corrected chi connectivity index (χ4v) is 1.95. The van der Waals surface area contributed by atoms with E-state index in [2.05, 4.69) is 20.7 Å². The van der Waals surface area contributed by atoms with Gasteiger partial charge in [-0.2, -0.15) is 0 Å². The van der Waals surface area contributed by atoms with Gasteiger partial charge >= 0.3 is 0 Å². The molecule has 0 aliphatic heterocycles. The van der Waals surface area contributed by atoms with Gasteiger partial charge in [-0.05, 0) is 33.1 Å². The van der Waals surface area contributed by atoms with E-state index in [1.165, 1.54) is 0 Å². The lowest BCUT2D eigenvalue weighted by Crippen LogP contribution is -2.43. The van der Waals surface area contributed by atoms with Crippen LogP contribution in [0.2, 0.25) is 0 Å². The number of aliphatic hydroxyl groups is 1. The second-order valence-corrected chi connectivity index (χ2v) is 4.67. The molecule has 0 bridgehead atoms. The number of nitrogens with two attached hydrogens (primary N) is 1. The Hall–Kier alpha value is -1.40. The maximum atomic E-state index is 10.0. The lowest BCUT2D eigenvalue weighted by atomic mass is 9.80. The number of nitrogens with zero attached hydrogens (tertiary/aromatic N) is 2. The number of hydrazine groups is 1. The number of rotatable bonds is 4. The van der Waals surface area contributed by atoms with Crippen LogP contribution in [0, 0.1) is 13.8 Å². The van der Waals surface area contributed by atoms with Gasteiger partial charge in [-0.25, -0.2) is 15.8 Å². The number of anilines is 2. The predicted molar refractivity (Wildman–Crippen MR) is 66.6 cm³/mol. The molecule has 6 heteroatoms. The topological polar surface area (TPSA) is 96.1 Å². The number of hydrogen-bond acceptors (Lipinski definition) is 6. The minimum atomic E-state index is -0.568. The summed E-state index contributed by atoms with van der Waals surface area (Å²) in [6.45, 7) is 4.22. The zero-order valence-corrected chi connectivity index (χ0v) is 10.2. The summed E-state index contributed by atoms with van der Waals surface area (Å²) >= 11 is 0. The lowest BCUT2D eigenvalue weighted by Gasteiger charge is -2.36. The summed E-state index contributed by atoms with van der Waals surface area (Å²) in [4.78, 5) is 8.49. The van der Waals surface area contributed by atoms with E-state index in [0.29, 0.717) is 18.2 Å². The van der Waals surface area contributed by atoms with Gasteiger partial charge in [0.1, 0.15) is 17.5 Å². The minimum absolute atomic E-state index is 0.522. The molecule has 0 aromatic carbocycles. The standard InChI is InChI=1S/C11H19N5O/c1-7-9(13-6-11(17)4-3-5-11)14-8(2)15-10(7)16-12/h17H,3-6,12H2,1-2H3,(H2,13,14,15,16). The molecule has 1 aromatic heterocycles. The van der Waals surface area contributed by atoms with Crippen molar-refractivity contribution < 1.29 is 5.11 Å². The number of aryl methyl sites for hydroxylation is 1. The summed E-state index contributed by atoms with van der Waals surface area (Å²) in [6, 6.07) is 0. The van der Waals surface area contributed by atoms with E-state index in [1.807, 2.05) is 13.8 Å². The number of hydrogen-bond donors (Lipinski definition) is 4. The van der Waals surface area contributed by atoms with E-state index in [9.17, 15) is 5.11 Å². The van der Waals surface area contributed by atoms with Crippen LogP contribution < -0.4 is 16.6 Å². The third-order valence-corrected chi connectivity index (χ3v) is 3.26. The second kappa shape index (κ2) is 4.46. The summed E-state index contributed by atoms with van der Waals surface area (Å²) in [6.07, 6.45) is 2.80. The number of nitrogens with one attached hydrogen (secondary N) is 2. The summed E-state index contributed by atoms with van der Waals surface area (Å²) in [5, 5.41) is 13.2. The summed E-state index contributed by atoms with van der Waals surface area (Å²) in [5.74, 6) is 7.37. The van der Waals surface area contributed by atoms with Gasteiger partial charge in [0.05, 0.1) is 5.60 Å². The summed E-state index contributed by atoms with van der Waals surface area (Å²) in [7, 11) is 0. The van der Waals surface area contributed by atoms with Gasteiger partial charge in [0.2, 0.25) is 0 Å². The highest BCUT2D eigenvalue weighted by Crippen LogP contribution is 2.32. The predicted octanol–water partition coefficient (Wildman–Crippen LogP) is 0.706. The van der Waals surface area contributed by atoms with Crippen LogP contribution in [0.5, 0.6) is 0 Å². The van der Waals surface area contributed by atoms with Gasteiger partial charge in [0.25, 0.3) is 0 Å². The molecule has 0 spiro atoms. The smallest absolute Gasteiger partial charge is 0.148 e. The molecule has 1 fully saturated rings. The third kappa shape index (κ3) is 2.48. The molecule has 6 nitrogen and oxygen atoms in total. The van der Waals surface area contributed by atoms with Crippen LogP contribution in [0.4, 0.5) is 11.6 Å². The lowest BCUT2D eigenvalue weighted by molar-refractivity contribution is -0.0202. The number of nitrogen functional groups attached to an aromatic ring is 1. The van der Waals surface area contributed by atoms with E-state index in [-0.39, 0.29) is 0 Å². The van der Waals surface area contributed by atoms with Crippen molar-refractivity contribution in [2.45, 2.75) is 38.7 Å². The maximum absolute atomic E-state index is 10.0. The quantitative estimate of drug-likeness (QED) is 0.455. The zero-order valence-electron chi connectivity index (χ0n) is 10.2. The van der Waals surface area contributed by atoms with Crippen LogP contribution in [-0.4, -0.2) is 27.2 Å². The van der Waals surface area contributed by atoms with Crippen molar-refractivity contribution in [3.63, 3.8) is 0 Å². The Morgan fingerprint density at radius 2 is 1.94 bits per heavy atom. The average Bonchev–Trinajstić information content (AvgIpc) is 2.27. The molecule has 1 aliphatic rings. The van der Waals surface area contributed by atoms with Crippen molar-refractivity contribution in [2.75, 3.05) is 17.3 Å². The monoisotopic (exact) mass is 237 g/mol. The fourth-order valence-electron chi connectivity index (χ4n) is 1.95. The maximum Gasteiger partial charge on any atom is 0.148 e. The van der Waals surface area contributed by atoms with Gasteiger partial charge in [0.15, 0.2) is 0 Å². The highest BCUT2D eigenvalue weighted by Gasteiger charge is 2.34. The Bertz CT molecular complexity index is 417. The van der Waals surface area contributed by atoms with Gasteiger partial charge in [0, 0.05) is 12.1 Å². The Labute approximate surface area is 101 Å². The first-order valence-corrected chi connectivity index (χ1v) is 5.82. The summed E-state index contributed by atoms with van der Waals surface area (Å²) < 4.78 is 0. The first kappa shape index (κ1) is 12.1. The minimum Gasteiger partial charge on any atom is -0.388 e. The number of aromatic nitrogens is 2. The first-order valence-electron chi connectivity index (χ1n) is 5.82. The molecule has 0 radical (unpaired) electrons. The van der Waals surface area contributed by atoms with Gasteiger partial charge in [-0.1, -0.05) is 0 Å². The Morgan fingerprint density at radius 1 is 1.29 bits per heavy atom. The van der Waals surface area contributed by atoms with Crippen molar-refractivity contribution in [2.24, 2.45) is 5.84 Å². The molecule has 1 aliphatic carbocycles. The Morgan fingerprint density at radius 3 is 2.47 bits per heavy atom. The molecule has 1 aromatic rings. The Kier molecular flexibility index (Phi) is 3.17. The Balaban J connectivity index is 2.12. The van der Waals surface area contributed by atoms with Crippen molar-refractivity contribution in [1.82, 2.24) is 9.97 Å². The molecule has 5 N–H and O–H groups in total. The largest absolute Gasteiger partial charge is 0.388 e. The van der Waals surface area contributed by atoms with Gasteiger partial charge < -0.3 is 15.8 Å². The van der Waals surface area contributed by atoms with Crippen LogP contribution in [0.25, 0.3) is 0 Å². The van der Waals surface area contributed by atoms with E-state index in [0.717, 1.165) is 30.6 Å². The van der Waals surface area contributed by atoms with Gasteiger partial charge in [-0.3, -0.25) is 0 Å². The molecule has 17 heavy (non-hydrogen) atoms. The fraction of sp³-hybridized carbons (Fsp3) is 0.636. The molecular weight excluding hydrogens is 218 g/mol. The highest BCUT2D eigenvalue weighted by molar-refractivity contribution is 5.56. The second-order valence-electron chi connectivity index (χ2n) is 4.67. The van der Waals surface area contributed by atoms with Crippen LogP contribution in [-0.2, 0) is 0 Å². The molecule has 1 saturated carbocycles. The average molecular weight is 237 g/mol. The molecule has 1 heterocycles. The SMILES string of the molecule is Cc1nc(NN)c(C)c(NCC2(O)CCC2)n1. The van der Waals surface area contributed by atoms with Crippen molar-refractivity contribution in [3.8, 4) is 0 Å².